The van der Waals surface area contributed by atoms with Crippen molar-refractivity contribution in [3.05, 3.63) is 17.5 Å². The van der Waals surface area contributed by atoms with Crippen molar-refractivity contribution in [3.63, 3.8) is 0 Å². The molecule has 1 aromatic rings. The van der Waals surface area contributed by atoms with Gasteiger partial charge in [0.25, 0.3) is 0 Å². The van der Waals surface area contributed by atoms with Crippen LogP contribution in [0.15, 0.2) is 6.20 Å². The second-order valence-electron chi connectivity index (χ2n) is 4.78. The lowest BCUT2D eigenvalue weighted by Crippen LogP contribution is -2.59. The lowest BCUT2D eigenvalue weighted by molar-refractivity contribution is 0.254. The molecular weight excluding hydrogens is 188 g/mol. The fraction of sp³-hybridized carbons (Fsp3) is 0.727. The molecule has 0 amide bonds. The van der Waals surface area contributed by atoms with Gasteiger partial charge in [-0.1, -0.05) is 0 Å². The zero-order valence-electron chi connectivity index (χ0n) is 9.96. The minimum Gasteiger partial charge on any atom is -0.313 e. The van der Waals surface area contributed by atoms with E-state index >= 15 is 0 Å². The van der Waals surface area contributed by atoms with E-state index < -0.39 is 0 Å². The molecule has 0 aromatic carbocycles. The molecule has 4 nitrogen and oxygen atoms in total. The maximum absolute atomic E-state index is 4.31. The van der Waals surface area contributed by atoms with Crippen molar-refractivity contribution >= 4 is 0 Å². The summed E-state index contributed by atoms with van der Waals surface area (Å²) < 4.78 is 1.93. The Labute approximate surface area is 91.1 Å². The third-order valence-electron chi connectivity index (χ3n) is 3.32. The topological polar surface area (TPSA) is 41.9 Å². The highest BCUT2D eigenvalue weighted by atomic mass is 15.3. The zero-order chi connectivity index (χ0) is 11.1. The first-order valence-electron chi connectivity index (χ1n) is 5.50. The van der Waals surface area contributed by atoms with E-state index in [9.17, 15) is 0 Å². The molecular formula is C11H20N4. The summed E-state index contributed by atoms with van der Waals surface area (Å²) in [6.45, 7) is 8.56. The van der Waals surface area contributed by atoms with Crippen LogP contribution in [0, 0.1) is 6.92 Å². The average molecular weight is 208 g/mol. The van der Waals surface area contributed by atoms with Crippen LogP contribution in [0.1, 0.15) is 25.1 Å². The van der Waals surface area contributed by atoms with Crippen molar-refractivity contribution in [1.29, 1.82) is 0 Å². The van der Waals surface area contributed by atoms with E-state index in [1.54, 1.807) is 0 Å². The first-order chi connectivity index (χ1) is 7.03. The first-order valence-corrected chi connectivity index (χ1v) is 5.50. The number of rotatable bonds is 1. The zero-order valence-corrected chi connectivity index (χ0v) is 9.96. The van der Waals surface area contributed by atoms with E-state index in [0.29, 0.717) is 6.04 Å². The quantitative estimate of drug-likeness (QED) is 0.707. The third-order valence-corrected chi connectivity index (χ3v) is 3.32. The van der Waals surface area contributed by atoms with Crippen molar-refractivity contribution in [2.24, 2.45) is 7.05 Å². The Hall–Kier alpha value is -0.870. The predicted octanol–water partition coefficient (Wildman–Crippen LogP) is 0.525. The Balaban J connectivity index is 2.32. The summed E-state index contributed by atoms with van der Waals surface area (Å²) in [4.78, 5) is 0. The van der Waals surface area contributed by atoms with Gasteiger partial charge in [-0.05, 0) is 20.8 Å². The normalized spacial score (nSPS) is 31.9. The Morgan fingerprint density at radius 1 is 1.60 bits per heavy atom. The molecule has 0 aliphatic carbocycles. The van der Waals surface area contributed by atoms with Crippen LogP contribution >= 0.6 is 0 Å². The minimum atomic E-state index is 0.00993. The van der Waals surface area contributed by atoms with Crippen LogP contribution in [0.3, 0.4) is 0 Å². The van der Waals surface area contributed by atoms with Gasteiger partial charge in [0, 0.05) is 37.4 Å². The van der Waals surface area contributed by atoms with E-state index in [-0.39, 0.29) is 5.54 Å². The van der Waals surface area contributed by atoms with Gasteiger partial charge in [-0.15, -0.1) is 0 Å². The first kappa shape index (κ1) is 10.6. The van der Waals surface area contributed by atoms with Gasteiger partial charge in [-0.25, -0.2) is 0 Å². The van der Waals surface area contributed by atoms with Crippen molar-refractivity contribution < 1.29 is 0 Å². The number of aryl methyl sites for hydroxylation is 1. The molecule has 0 spiro atoms. The number of hydrogen-bond acceptors (Lipinski definition) is 3. The summed E-state index contributed by atoms with van der Waals surface area (Å²) in [5.74, 6) is 0. The molecule has 84 valence electrons. The highest BCUT2D eigenvalue weighted by Crippen LogP contribution is 2.25. The lowest BCUT2D eigenvalue weighted by Gasteiger charge is -2.39. The van der Waals surface area contributed by atoms with E-state index in [0.717, 1.165) is 13.1 Å². The SMILES string of the molecule is Cc1c(C2(C)CNCC(C)N2)cnn1C. The fourth-order valence-electron chi connectivity index (χ4n) is 2.40. The molecule has 0 radical (unpaired) electrons. The molecule has 2 unspecified atom stereocenters. The Bertz CT molecular complexity index is 357. The second-order valence-corrected chi connectivity index (χ2v) is 4.78. The van der Waals surface area contributed by atoms with Crippen LogP contribution in [0.5, 0.6) is 0 Å². The fourth-order valence-corrected chi connectivity index (χ4v) is 2.40. The van der Waals surface area contributed by atoms with Crippen LogP contribution in [0.2, 0.25) is 0 Å². The van der Waals surface area contributed by atoms with Crippen LogP contribution < -0.4 is 10.6 Å². The number of nitrogens with one attached hydrogen (secondary N) is 2. The largest absolute Gasteiger partial charge is 0.313 e. The van der Waals surface area contributed by atoms with E-state index in [1.165, 1.54) is 11.3 Å². The monoisotopic (exact) mass is 208 g/mol. The molecule has 0 bridgehead atoms. The maximum Gasteiger partial charge on any atom is 0.0568 e. The van der Waals surface area contributed by atoms with Crippen LogP contribution in [0.4, 0.5) is 0 Å². The molecule has 1 saturated heterocycles. The molecule has 1 aromatic heterocycles. The van der Waals surface area contributed by atoms with Crippen molar-refractivity contribution in [1.82, 2.24) is 20.4 Å². The van der Waals surface area contributed by atoms with E-state index in [1.807, 2.05) is 17.9 Å². The summed E-state index contributed by atoms with van der Waals surface area (Å²) >= 11 is 0. The minimum absolute atomic E-state index is 0.00993. The molecule has 1 aliphatic heterocycles. The number of aromatic nitrogens is 2. The molecule has 1 aliphatic rings. The molecule has 2 N–H and O–H groups in total. The molecule has 4 heteroatoms. The number of piperazine rings is 1. The van der Waals surface area contributed by atoms with Gasteiger partial charge in [0.2, 0.25) is 0 Å². The Kier molecular flexibility index (Phi) is 2.56. The third kappa shape index (κ3) is 1.79. The maximum atomic E-state index is 4.31. The summed E-state index contributed by atoms with van der Waals surface area (Å²) in [6, 6.07) is 0.503. The molecule has 2 heterocycles. The molecule has 0 saturated carbocycles. The van der Waals surface area contributed by atoms with Crippen LogP contribution in [-0.2, 0) is 12.6 Å². The van der Waals surface area contributed by atoms with Crippen molar-refractivity contribution in [2.45, 2.75) is 32.4 Å². The van der Waals surface area contributed by atoms with Crippen LogP contribution in [0.25, 0.3) is 0 Å². The van der Waals surface area contributed by atoms with Gasteiger partial charge in [0.15, 0.2) is 0 Å². The van der Waals surface area contributed by atoms with Gasteiger partial charge in [-0.3, -0.25) is 4.68 Å². The molecule has 15 heavy (non-hydrogen) atoms. The van der Waals surface area contributed by atoms with Gasteiger partial charge in [-0.2, -0.15) is 5.10 Å². The number of hydrogen-bond donors (Lipinski definition) is 2. The highest BCUT2D eigenvalue weighted by Gasteiger charge is 2.33. The molecule has 2 rings (SSSR count). The Morgan fingerprint density at radius 2 is 2.33 bits per heavy atom. The highest BCUT2D eigenvalue weighted by molar-refractivity contribution is 5.27. The van der Waals surface area contributed by atoms with Crippen LogP contribution in [-0.4, -0.2) is 28.9 Å². The summed E-state index contributed by atoms with van der Waals surface area (Å²) in [5, 5.41) is 11.4. The Morgan fingerprint density at radius 3 is 2.87 bits per heavy atom. The standard InChI is InChI=1S/C11H20N4/c1-8-5-12-7-11(3,14-8)10-6-13-15(4)9(10)2/h6,8,12,14H,5,7H2,1-4H3. The number of nitrogens with zero attached hydrogens (tertiary/aromatic N) is 2. The summed E-state index contributed by atoms with van der Waals surface area (Å²) in [7, 11) is 1.99. The van der Waals surface area contributed by atoms with E-state index in [4.69, 9.17) is 0 Å². The summed E-state index contributed by atoms with van der Waals surface area (Å²) in [6.07, 6.45) is 1.97. The van der Waals surface area contributed by atoms with Gasteiger partial charge >= 0.3 is 0 Å². The van der Waals surface area contributed by atoms with Gasteiger partial charge in [0.05, 0.1) is 11.7 Å². The smallest absolute Gasteiger partial charge is 0.0568 e. The summed E-state index contributed by atoms with van der Waals surface area (Å²) in [5.41, 5.74) is 2.54. The van der Waals surface area contributed by atoms with E-state index in [2.05, 4.69) is 36.5 Å². The van der Waals surface area contributed by atoms with Gasteiger partial charge in [0.1, 0.15) is 0 Å². The van der Waals surface area contributed by atoms with Gasteiger partial charge < -0.3 is 10.6 Å². The molecule has 2 atom stereocenters. The second kappa shape index (κ2) is 3.61. The average Bonchev–Trinajstić information content (AvgIpc) is 2.47. The van der Waals surface area contributed by atoms with Crippen molar-refractivity contribution in [3.8, 4) is 0 Å². The van der Waals surface area contributed by atoms with Crippen molar-refractivity contribution in [2.75, 3.05) is 13.1 Å². The predicted molar refractivity (Wildman–Crippen MR) is 60.8 cm³/mol. The lowest BCUT2D eigenvalue weighted by atomic mass is 9.89. The molecule has 1 fully saturated rings.